The van der Waals surface area contributed by atoms with Crippen molar-refractivity contribution in [2.75, 3.05) is 20.1 Å². The highest BCUT2D eigenvalue weighted by atomic mass is 127. The second kappa shape index (κ2) is 13.3. The molecule has 3 rings (SSSR count). The normalized spacial score (nSPS) is 14.3. The third-order valence-electron chi connectivity index (χ3n) is 5.47. The first-order chi connectivity index (χ1) is 14.3. The number of benzene rings is 2. The number of hydrogen-bond acceptors (Lipinski definition) is 2. The molecule has 6 heteroatoms. The van der Waals surface area contributed by atoms with Gasteiger partial charge in [-0.05, 0) is 24.0 Å². The van der Waals surface area contributed by atoms with E-state index in [0.29, 0.717) is 19.0 Å². The van der Waals surface area contributed by atoms with E-state index < -0.39 is 0 Å². The van der Waals surface area contributed by atoms with Crippen LogP contribution >= 0.6 is 24.0 Å². The van der Waals surface area contributed by atoms with E-state index in [1.165, 1.54) is 24.0 Å². The minimum Gasteiger partial charge on any atom is -0.356 e. The smallest absolute Gasteiger partial charge is 0.221 e. The molecule has 1 aliphatic carbocycles. The Morgan fingerprint density at radius 1 is 0.967 bits per heavy atom. The first kappa shape index (κ1) is 24.2. The molecule has 0 heterocycles. The van der Waals surface area contributed by atoms with Gasteiger partial charge < -0.3 is 16.0 Å². The zero-order chi connectivity index (χ0) is 20.3. The summed E-state index contributed by atoms with van der Waals surface area (Å²) in [6, 6.07) is 21.4. The summed E-state index contributed by atoms with van der Waals surface area (Å²) in [6.45, 7) is 1.29. The van der Waals surface area contributed by atoms with Gasteiger partial charge in [-0.3, -0.25) is 9.79 Å². The maximum Gasteiger partial charge on any atom is 0.221 e. The second-order valence-electron chi connectivity index (χ2n) is 7.55. The van der Waals surface area contributed by atoms with E-state index in [-0.39, 0.29) is 35.8 Å². The lowest BCUT2D eigenvalue weighted by molar-refractivity contribution is -0.121. The molecule has 0 atom stereocenters. The second-order valence-corrected chi connectivity index (χ2v) is 7.55. The molecule has 0 aliphatic heterocycles. The summed E-state index contributed by atoms with van der Waals surface area (Å²) >= 11 is 0. The molecule has 0 bridgehead atoms. The Kier molecular flexibility index (Phi) is 10.7. The molecule has 1 fully saturated rings. The van der Waals surface area contributed by atoms with E-state index in [0.717, 1.165) is 25.3 Å². The van der Waals surface area contributed by atoms with Crippen LogP contribution in [0.25, 0.3) is 0 Å². The summed E-state index contributed by atoms with van der Waals surface area (Å²) in [5.74, 6) is 1.06. The van der Waals surface area contributed by atoms with Crippen LogP contribution < -0.4 is 16.0 Å². The highest BCUT2D eigenvalue weighted by molar-refractivity contribution is 14.0. The molecule has 1 saturated carbocycles. The maximum absolute atomic E-state index is 12.1. The number of halogens is 1. The molecule has 2 aromatic rings. The van der Waals surface area contributed by atoms with Crippen LogP contribution in [0.4, 0.5) is 0 Å². The fourth-order valence-electron chi connectivity index (χ4n) is 3.88. The van der Waals surface area contributed by atoms with Crippen molar-refractivity contribution in [1.29, 1.82) is 0 Å². The number of amides is 1. The lowest BCUT2D eigenvalue weighted by atomic mass is 9.91. The van der Waals surface area contributed by atoms with Gasteiger partial charge in [-0.15, -0.1) is 24.0 Å². The zero-order valence-corrected chi connectivity index (χ0v) is 20.0. The molecule has 30 heavy (non-hydrogen) atoms. The molecule has 3 N–H and O–H groups in total. The van der Waals surface area contributed by atoms with Gasteiger partial charge in [0.2, 0.25) is 5.91 Å². The average Bonchev–Trinajstić information content (AvgIpc) is 3.27. The van der Waals surface area contributed by atoms with Gasteiger partial charge in [0.15, 0.2) is 5.96 Å². The SMILES string of the molecule is CN=C(NCCC(=O)NC1CCCC1)NCC(c1ccccc1)c1ccccc1.I. The van der Waals surface area contributed by atoms with Gasteiger partial charge in [0.05, 0.1) is 0 Å². The molecule has 0 spiro atoms. The van der Waals surface area contributed by atoms with Gasteiger partial charge >= 0.3 is 0 Å². The zero-order valence-electron chi connectivity index (χ0n) is 17.6. The first-order valence-electron chi connectivity index (χ1n) is 10.6. The molecule has 1 amide bonds. The first-order valence-corrected chi connectivity index (χ1v) is 10.6. The number of guanidine groups is 1. The van der Waals surface area contributed by atoms with Crippen LogP contribution in [0.1, 0.15) is 49.1 Å². The average molecular weight is 520 g/mol. The van der Waals surface area contributed by atoms with Crippen LogP contribution in [-0.4, -0.2) is 38.0 Å². The third kappa shape index (κ3) is 7.63. The van der Waals surface area contributed by atoms with Gasteiger partial charge in [0.25, 0.3) is 0 Å². The van der Waals surface area contributed by atoms with Crippen molar-refractivity contribution >= 4 is 35.8 Å². The van der Waals surface area contributed by atoms with Gasteiger partial charge in [-0.2, -0.15) is 0 Å². The predicted molar refractivity (Wildman–Crippen MR) is 135 cm³/mol. The molecule has 5 nitrogen and oxygen atoms in total. The fraction of sp³-hybridized carbons (Fsp3) is 0.417. The van der Waals surface area contributed by atoms with Gasteiger partial charge in [0.1, 0.15) is 0 Å². The van der Waals surface area contributed by atoms with Crippen LogP contribution in [0.5, 0.6) is 0 Å². The third-order valence-corrected chi connectivity index (χ3v) is 5.47. The fourth-order valence-corrected chi connectivity index (χ4v) is 3.88. The molecular formula is C24H33IN4O. The predicted octanol–water partition coefficient (Wildman–Crippen LogP) is 4.05. The van der Waals surface area contributed by atoms with Gasteiger partial charge in [0, 0.05) is 38.5 Å². The number of hydrogen-bond donors (Lipinski definition) is 3. The van der Waals surface area contributed by atoms with E-state index in [9.17, 15) is 4.79 Å². The molecule has 0 unspecified atom stereocenters. The van der Waals surface area contributed by atoms with Crippen molar-refractivity contribution < 1.29 is 4.79 Å². The van der Waals surface area contributed by atoms with Crippen molar-refractivity contribution in [2.45, 2.75) is 44.1 Å². The summed E-state index contributed by atoms with van der Waals surface area (Å²) < 4.78 is 0. The summed E-state index contributed by atoms with van der Waals surface area (Å²) in [5, 5.41) is 9.81. The molecule has 0 radical (unpaired) electrons. The number of nitrogens with one attached hydrogen (secondary N) is 3. The van der Waals surface area contributed by atoms with E-state index in [2.05, 4.69) is 69.5 Å². The number of carbonyl (C=O) groups is 1. The Morgan fingerprint density at radius 3 is 2.07 bits per heavy atom. The summed E-state index contributed by atoms with van der Waals surface area (Å²) in [4.78, 5) is 16.4. The van der Waals surface area contributed by atoms with Crippen LogP contribution in [0, 0.1) is 0 Å². The molecule has 0 saturated heterocycles. The van der Waals surface area contributed by atoms with Gasteiger partial charge in [-0.1, -0.05) is 73.5 Å². The largest absolute Gasteiger partial charge is 0.356 e. The van der Waals surface area contributed by atoms with E-state index >= 15 is 0 Å². The lowest BCUT2D eigenvalue weighted by Gasteiger charge is -2.20. The molecule has 162 valence electrons. The number of rotatable bonds is 8. The monoisotopic (exact) mass is 520 g/mol. The molecule has 0 aromatic heterocycles. The van der Waals surface area contributed by atoms with E-state index in [1.54, 1.807) is 7.05 Å². The Balaban J connectivity index is 0.00000320. The van der Waals surface area contributed by atoms with Crippen LogP contribution in [0.2, 0.25) is 0 Å². The van der Waals surface area contributed by atoms with E-state index in [4.69, 9.17) is 0 Å². The molecule has 1 aliphatic rings. The van der Waals surface area contributed by atoms with Crippen molar-refractivity contribution in [2.24, 2.45) is 4.99 Å². The molecule has 2 aromatic carbocycles. The standard InChI is InChI=1S/C24H32N4O.HI/c1-25-24(26-17-16-23(29)28-21-14-8-9-15-21)27-18-22(19-10-4-2-5-11-19)20-12-6-3-7-13-20;/h2-7,10-13,21-22H,8-9,14-18H2,1H3,(H,28,29)(H2,25,26,27);1H. The van der Waals surface area contributed by atoms with E-state index in [1.807, 2.05) is 12.1 Å². The number of aliphatic imine (C=N–C) groups is 1. The minimum absolute atomic E-state index is 0. The highest BCUT2D eigenvalue weighted by Gasteiger charge is 2.17. The van der Waals surface area contributed by atoms with Crippen molar-refractivity contribution in [3.05, 3.63) is 71.8 Å². The Labute approximate surface area is 197 Å². The Hall–Kier alpha value is -2.09. The Bertz CT molecular complexity index is 737. The lowest BCUT2D eigenvalue weighted by Crippen LogP contribution is -2.41. The van der Waals surface area contributed by atoms with Crippen molar-refractivity contribution in [3.63, 3.8) is 0 Å². The summed E-state index contributed by atoms with van der Waals surface area (Å²) in [5.41, 5.74) is 2.52. The van der Waals surface area contributed by atoms with Crippen molar-refractivity contribution in [3.8, 4) is 0 Å². The number of carbonyl (C=O) groups excluding carboxylic acids is 1. The quantitative estimate of drug-likeness (QED) is 0.280. The van der Waals surface area contributed by atoms with Crippen LogP contribution in [0.15, 0.2) is 65.7 Å². The molecular weight excluding hydrogens is 487 g/mol. The number of nitrogens with zero attached hydrogens (tertiary/aromatic N) is 1. The Morgan fingerprint density at radius 2 is 1.53 bits per heavy atom. The van der Waals surface area contributed by atoms with Crippen molar-refractivity contribution in [1.82, 2.24) is 16.0 Å². The topological polar surface area (TPSA) is 65.5 Å². The summed E-state index contributed by atoms with van der Waals surface area (Å²) in [7, 11) is 1.76. The minimum atomic E-state index is 0. The van der Waals surface area contributed by atoms with Crippen LogP contribution in [0.3, 0.4) is 0 Å². The highest BCUT2D eigenvalue weighted by Crippen LogP contribution is 2.23. The van der Waals surface area contributed by atoms with Crippen LogP contribution in [-0.2, 0) is 4.79 Å². The van der Waals surface area contributed by atoms with Gasteiger partial charge in [-0.25, -0.2) is 0 Å². The maximum atomic E-state index is 12.1. The summed E-state index contributed by atoms with van der Waals surface area (Å²) in [6.07, 6.45) is 5.14.